The summed E-state index contributed by atoms with van der Waals surface area (Å²) < 4.78 is 5.15. The van der Waals surface area contributed by atoms with Crippen LogP contribution in [0.3, 0.4) is 0 Å². The molecule has 132 valence electrons. The Balaban J connectivity index is 1.57. The molecule has 1 saturated heterocycles. The van der Waals surface area contributed by atoms with Crippen LogP contribution < -0.4 is 5.32 Å². The molecule has 1 aliphatic rings. The molecule has 3 rings (SSSR count). The summed E-state index contributed by atoms with van der Waals surface area (Å²) in [4.78, 5) is 27.8. The summed E-state index contributed by atoms with van der Waals surface area (Å²) in [6.45, 7) is 0. The van der Waals surface area contributed by atoms with Crippen molar-refractivity contribution in [3.63, 3.8) is 0 Å². The summed E-state index contributed by atoms with van der Waals surface area (Å²) in [6, 6.07) is 7.01. The van der Waals surface area contributed by atoms with Crippen molar-refractivity contribution in [3.8, 4) is 11.4 Å². The van der Waals surface area contributed by atoms with E-state index in [2.05, 4.69) is 15.5 Å². The van der Waals surface area contributed by atoms with Crippen LogP contribution in [0, 0.1) is 0 Å². The van der Waals surface area contributed by atoms with Crippen molar-refractivity contribution >= 4 is 35.2 Å². The highest BCUT2D eigenvalue weighted by Crippen LogP contribution is 2.28. The van der Waals surface area contributed by atoms with Crippen molar-refractivity contribution < 1.29 is 19.2 Å². The predicted octanol–water partition coefficient (Wildman–Crippen LogP) is 2.40. The molecule has 1 aromatic heterocycles. The first kappa shape index (κ1) is 17.8. The molecule has 0 radical (unpaired) electrons. The molecule has 0 bridgehead atoms. The molecule has 2 heterocycles. The minimum atomic E-state index is -1.16. The van der Waals surface area contributed by atoms with E-state index in [0.717, 1.165) is 11.3 Å². The molecule has 1 amide bonds. The van der Waals surface area contributed by atoms with E-state index < -0.39 is 11.5 Å². The molecule has 1 unspecified atom stereocenters. The van der Waals surface area contributed by atoms with Crippen LogP contribution in [0.2, 0.25) is 5.02 Å². The topological polar surface area (TPSA) is 105 Å². The van der Waals surface area contributed by atoms with Crippen LogP contribution in [-0.4, -0.2) is 44.2 Å². The first-order valence-corrected chi connectivity index (χ1v) is 9.22. The number of nitrogens with one attached hydrogen (secondary N) is 1. The minimum Gasteiger partial charge on any atom is -0.479 e. The minimum absolute atomic E-state index is 0.0853. The third-order valence-corrected chi connectivity index (χ3v) is 5.39. The molecule has 7 nitrogen and oxygen atoms in total. The zero-order valence-corrected chi connectivity index (χ0v) is 14.8. The molecule has 1 aliphatic heterocycles. The van der Waals surface area contributed by atoms with E-state index >= 15 is 0 Å². The molecule has 2 aromatic rings. The fourth-order valence-electron chi connectivity index (χ4n) is 2.51. The second-order valence-corrected chi connectivity index (χ2v) is 7.30. The average molecular weight is 382 g/mol. The molecule has 2 N–H and O–H groups in total. The maximum Gasteiger partial charge on any atom is 0.330 e. The summed E-state index contributed by atoms with van der Waals surface area (Å²) in [5, 5.41) is 16.5. The Bertz CT molecular complexity index is 772. The van der Waals surface area contributed by atoms with Gasteiger partial charge in [-0.25, -0.2) is 4.79 Å². The maximum absolute atomic E-state index is 12.1. The predicted molar refractivity (Wildman–Crippen MR) is 93.5 cm³/mol. The van der Waals surface area contributed by atoms with Gasteiger partial charge in [0.2, 0.25) is 17.6 Å². The van der Waals surface area contributed by atoms with Crippen LogP contribution >= 0.6 is 23.4 Å². The number of hydrogen-bond acceptors (Lipinski definition) is 6. The van der Waals surface area contributed by atoms with Crippen LogP contribution in [-0.2, 0) is 16.0 Å². The highest BCUT2D eigenvalue weighted by molar-refractivity contribution is 7.99. The molecule has 1 atom stereocenters. The first-order chi connectivity index (χ1) is 12.0. The van der Waals surface area contributed by atoms with E-state index in [1.54, 1.807) is 24.3 Å². The number of aliphatic carboxylic acids is 1. The molecular weight excluding hydrogens is 366 g/mol. The monoisotopic (exact) mass is 381 g/mol. The molecule has 0 aliphatic carbocycles. The van der Waals surface area contributed by atoms with E-state index in [9.17, 15) is 14.7 Å². The number of halogens is 1. The maximum atomic E-state index is 12.1. The average Bonchev–Trinajstić information content (AvgIpc) is 3.24. The quantitative estimate of drug-likeness (QED) is 0.791. The van der Waals surface area contributed by atoms with Crippen molar-refractivity contribution in [3.05, 3.63) is 35.2 Å². The summed E-state index contributed by atoms with van der Waals surface area (Å²) >= 11 is 7.36. The summed E-state index contributed by atoms with van der Waals surface area (Å²) in [6.07, 6.45) is 0.761. The summed E-state index contributed by atoms with van der Waals surface area (Å²) in [7, 11) is 0. The van der Waals surface area contributed by atoms with Gasteiger partial charge in [0.1, 0.15) is 5.54 Å². The van der Waals surface area contributed by atoms with E-state index in [1.165, 1.54) is 11.8 Å². The second-order valence-electron chi connectivity index (χ2n) is 5.76. The van der Waals surface area contributed by atoms with Gasteiger partial charge in [0.05, 0.1) is 0 Å². The normalized spacial score (nSPS) is 19.7. The summed E-state index contributed by atoms with van der Waals surface area (Å²) in [5.41, 5.74) is -0.401. The molecule has 25 heavy (non-hydrogen) atoms. The molecule has 1 aromatic carbocycles. The number of hydrogen-bond donors (Lipinski definition) is 2. The van der Waals surface area contributed by atoms with Gasteiger partial charge in [0, 0.05) is 29.2 Å². The van der Waals surface area contributed by atoms with Crippen molar-refractivity contribution in [2.45, 2.75) is 24.8 Å². The van der Waals surface area contributed by atoms with Crippen molar-refractivity contribution in [1.29, 1.82) is 0 Å². The van der Waals surface area contributed by atoms with Crippen LogP contribution in [0.5, 0.6) is 0 Å². The largest absolute Gasteiger partial charge is 0.479 e. The Morgan fingerprint density at radius 3 is 2.76 bits per heavy atom. The Kier molecular flexibility index (Phi) is 5.29. The van der Waals surface area contributed by atoms with Gasteiger partial charge in [-0.1, -0.05) is 16.8 Å². The van der Waals surface area contributed by atoms with E-state index in [1.807, 2.05) is 0 Å². The number of rotatable bonds is 6. The lowest BCUT2D eigenvalue weighted by Gasteiger charge is -2.24. The number of nitrogens with zero attached hydrogens (tertiary/aromatic N) is 2. The fraction of sp³-hybridized carbons (Fsp3) is 0.375. The van der Waals surface area contributed by atoms with Crippen molar-refractivity contribution in [1.82, 2.24) is 15.5 Å². The lowest BCUT2D eigenvalue weighted by Crippen LogP contribution is -2.54. The van der Waals surface area contributed by atoms with E-state index in [4.69, 9.17) is 16.1 Å². The number of carbonyl (C=O) groups excluding carboxylic acids is 1. The number of carboxylic acid groups (broad SMARTS) is 1. The Labute approximate surface area is 153 Å². The first-order valence-electron chi connectivity index (χ1n) is 7.69. The second kappa shape index (κ2) is 7.45. The Morgan fingerprint density at radius 1 is 1.36 bits per heavy atom. The van der Waals surface area contributed by atoms with Crippen LogP contribution in [0.25, 0.3) is 11.4 Å². The van der Waals surface area contributed by atoms with Gasteiger partial charge in [0.25, 0.3) is 0 Å². The number of aromatic nitrogens is 2. The molecular formula is C16H16ClN3O4S. The zero-order valence-electron chi connectivity index (χ0n) is 13.2. The summed E-state index contributed by atoms with van der Waals surface area (Å²) in [5.74, 6) is 0.520. The van der Waals surface area contributed by atoms with Gasteiger partial charge in [-0.3, -0.25) is 4.79 Å². The SMILES string of the molecule is O=C(CCc1nc(-c2ccc(Cl)cc2)no1)NC1(C(=O)O)CCSC1. The number of thioether (sulfide) groups is 1. The van der Waals surface area contributed by atoms with Gasteiger partial charge >= 0.3 is 5.97 Å². The van der Waals surface area contributed by atoms with Gasteiger partial charge in [-0.05, 0) is 36.4 Å². The number of carbonyl (C=O) groups is 2. The molecule has 0 saturated carbocycles. The van der Waals surface area contributed by atoms with Crippen molar-refractivity contribution in [2.75, 3.05) is 11.5 Å². The number of benzene rings is 1. The highest BCUT2D eigenvalue weighted by atomic mass is 35.5. The third-order valence-electron chi connectivity index (χ3n) is 3.95. The fourth-order valence-corrected chi connectivity index (χ4v) is 3.96. The highest BCUT2D eigenvalue weighted by Gasteiger charge is 2.43. The van der Waals surface area contributed by atoms with Gasteiger partial charge in [-0.15, -0.1) is 0 Å². The lowest BCUT2D eigenvalue weighted by atomic mass is 9.99. The van der Waals surface area contributed by atoms with Crippen LogP contribution in [0.4, 0.5) is 0 Å². The molecule has 0 spiro atoms. The van der Waals surface area contributed by atoms with Gasteiger partial charge < -0.3 is 14.9 Å². The van der Waals surface area contributed by atoms with Crippen LogP contribution in [0.15, 0.2) is 28.8 Å². The Morgan fingerprint density at radius 2 is 2.12 bits per heavy atom. The smallest absolute Gasteiger partial charge is 0.330 e. The molecule has 9 heteroatoms. The number of aryl methyl sites for hydroxylation is 1. The van der Waals surface area contributed by atoms with E-state index in [-0.39, 0.29) is 18.7 Å². The van der Waals surface area contributed by atoms with Gasteiger partial charge in [-0.2, -0.15) is 16.7 Å². The molecule has 1 fully saturated rings. The zero-order chi connectivity index (χ0) is 17.9. The lowest BCUT2D eigenvalue weighted by molar-refractivity contribution is -0.146. The van der Waals surface area contributed by atoms with Gasteiger partial charge in [0.15, 0.2) is 0 Å². The van der Waals surface area contributed by atoms with Crippen LogP contribution in [0.1, 0.15) is 18.7 Å². The number of carboxylic acids is 1. The third kappa shape index (κ3) is 4.13. The Hall–Kier alpha value is -2.06. The van der Waals surface area contributed by atoms with Crippen molar-refractivity contribution in [2.24, 2.45) is 0 Å². The standard InChI is InChI=1S/C16H16ClN3O4S/c17-11-3-1-10(2-4-11)14-18-13(24-20-14)6-5-12(21)19-16(15(22)23)7-8-25-9-16/h1-4H,5-9H2,(H,19,21)(H,22,23). The van der Waals surface area contributed by atoms with E-state index in [0.29, 0.717) is 28.9 Å². The number of amides is 1.